The molecule has 0 N–H and O–H groups in total. The van der Waals surface area contributed by atoms with Crippen LogP contribution in [0.2, 0.25) is 5.02 Å². The van der Waals surface area contributed by atoms with E-state index in [1.807, 2.05) is 29.6 Å². The fourth-order valence-corrected chi connectivity index (χ4v) is 3.86. The maximum Gasteiger partial charge on any atom is 0.212 e. The summed E-state index contributed by atoms with van der Waals surface area (Å²) < 4.78 is 1.68. The first-order valence-corrected chi connectivity index (χ1v) is 9.63. The summed E-state index contributed by atoms with van der Waals surface area (Å²) in [5.74, 6) is 0.265. The number of fused-ring (bicyclic) bond motifs is 1. The van der Waals surface area contributed by atoms with Crippen molar-refractivity contribution in [1.82, 2.24) is 19.8 Å². The smallest absolute Gasteiger partial charge is 0.212 e. The Hall–Kier alpha value is -2.22. The number of hydrogen-bond acceptors (Lipinski definition) is 6. The van der Waals surface area contributed by atoms with Crippen LogP contribution in [-0.4, -0.2) is 31.3 Å². The lowest BCUT2D eigenvalue weighted by molar-refractivity contribution is 0.102. The minimum absolute atomic E-state index is 0.00725. The first-order chi connectivity index (χ1) is 12.2. The number of thiophene rings is 1. The summed E-state index contributed by atoms with van der Waals surface area (Å²) >= 11 is 8.79. The predicted octanol–water partition coefficient (Wildman–Crippen LogP) is 4.48. The molecule has 1 aromatic carbocycles. The fraction of sp³-hybridized carbons (Fsp3) is 0.0588. The molecule has 0 saturated carbocycles. The van der Waals surface area contributed by atoms with Crippen LogP contribution in [0.15, 0.2) is 59.1 Å². The summed E-state index contributed by atoms with van der Waals surface area (Å²) in [6, 6.07) is 14.7. The van der Waals surface area contributed by atoms with Gasteiger partial charge in [0, 0.05) is 10.6 Å². The molecule has 3 aromatic heterocycles. The molecule has 0 amide bonds. The molecule has 0 spiro atoms. The molecule has 0 fully saturated rings. The first-order valence-electron chi connectivity index (χ1n) is 7.38. The van der Waals surface area contributed by atoms with Crippen LogP contribution in [0, 0.1) is 0 Å². The minimum Gasteiger partial charge on any atom is -0.293 e. The standard InChI is InChI=1S/C17H11ClN4OS2/c18-12-5-3-11(4-6-12)14(23)10-25-17-20-19-16-8-7-13(21-22(16)17)15-2-1-9-24-15/h1-9H,10H2. The van der Waals surface area contributed by atoms with E-state index in [2.05, 4.69) is 15.3 Å². The van der Waals surface area contributed by atoms with Gasteiger partial charge in [0.1, 0.15) is 5.69 Å². The number of aromatic nitrogens is 4. The summed E-state index contributed by atoms with van der Waals surface area (Å²) in [7, 11) is 0. The second kappa shape index (κ2) is 6.95. The van der Waals surface area contributed by atoms with Gasteiger partial charge in [-0.05, 0) is 47.8 Å². The van der Waals surface area contributed by atoms with Crippen molar-refractivity contribution in [2.24, 2.45) is 0 Å². The second-order valence-corrected chi connectivity index (χ2v) is 7.49. The van der Waals surface area contributed by atoms with Crippen LogP contribution < -0.4 is 0 Å². The molecule has 4 aromatic rings. The van der Waals surface area contributed by atoms with Gasteiger partial charge in [-0.25, -0.2) is 0 Å². The van der Waals surface area contributed by atoms with Gasteiger partial charge in [0.25, 0.3) is 0 Å². The van der Waals surface area contributed by atoms with Crippen molar-refractivity contribution in [2.45, 2.75) is 5.16 Å². The average Bonchev–Trinajstić information content (AvgIpc) is 3.30. The first kappa shape index (κ1) is 16.3. The highest BCUT2D eigenvalue weighted by Gasteiger charge is 2.13. The summed E-state index contributed by atoms with van der Waals surface area (Å²) in [5.41, 5.74) is 2.13. The maximum absolute atomic E-state index is 12.3. The molecular weight excluding hydrogens is 376 g/mol. The van der Waals surface area contributed by atoms with Crippen LogP contribution in [-0.2, 0) is 0 Å². The fourth-order valence-electron chi connectivity index (χ4n) is 2.26. The van der Waals surface area contributed by atoms with Crippen LogP contribution in [0.4, 0.5) is 0 Å². The Labute approximate surface area is 156 Å². The highest BCUT2D eigenvalue weighted by Crippen LogP contribution is 2.24. The van der Waals surface area contributed by atoms with Gasteiger partial charge < -0.3 is 0 Å². The molecule has 3 heterocycles. The van der Waals surface area contributed by atoms with E-state index < -0.39 is 0 Å². The molecule has 0 unspecified atom stereocenters. The van der Waals surface area contributed by atoms with Crippen molar-refractivity contribution in [1.29, 1.82) is 0 Å². The van der Waals surface area contributed by atoms with Crippen LogP contribution in [0.3, 0.4) is 0 Å². The van der Waals surface area contributed by atoms with Gasteiger partial charge >= 0.3 is 0 Å². The van der Waals surface area contributed by atoms with Crippen molar-refractivity contribution in [3.05, 3.63) is 64.5 Å². The van der Waals surface area contributed by atoms with Crippen molar-refractivity contribution < 1.29 is 4.79 Å². The quantitative estimate of drug-likeness (QED) is 0.374. The maximum atomic E-state index is 12.3. The van der Waals surface area contributed by atoms with E-state index in [1.165, 1.54) is 11.8 Å². The van der Waals surface area contributed by atoms with E-state index in [4.69, 9.17) is 11.6 Å². The molecule has 25 heavy (non-hydrogen) atoms. The van der Waals surface area contributed by atoms with Gasteiger partial charge in [0.15, 0.2) is 11.4 Å². The third-order valence-corrected chi connectivity index (χ3v) is 5.57. The molecule has 0 aliphatic carbocycles. The Kier molecular flexibility index (Phi) is 4.52. The average molecular weight is 387 g/mol. The van der Waals surface area contributed by atoms with Crippen LogP contribution in [0.25, 0.3) is 16.2 Å². The molecule has 0 atom stereocenters. The van der Waals surface area contributed by atoms with Crippen molar-refractivity contribution >= 4 is 46.1 Å². The molecule has 0 radical (unpaired) electrons. The highest BCUT2D eigenvalue weighted by atomic mass is 35.5. The van der Waals surface area contributed by atoms with E-state index in [9.17, 15) is 4.79 Å². The molecule has 0 saturated heterocycles. The Morgan fingerprint density at radius 2 is 1.96 bits per heavy atom. The molecule has 5 nitrogen and oxygen atoms in total. The molecule has 8 heteroatoms. The van der Waals surface area contributed by atoms with Crippen molar-refractivity contribution in [3.63, 3.8) is 0 Å². The number of carbonyl (C=O) groups excluding carboxylic acids is 1. The molecule has 124 valence electrons. The lowest BCUT2D eigenvalue weighted by Gasteiger charge is -2.02. The molecule has 0 aliphatic heterocycles. The number of ketones is 1. The Morgan fingerprint density at radius 1 is 1.12 bits per heavy atom. The van der Waals surface area contributed by atoms with Gasteiger partial charge in [-0.1, -0.05) is 29.4 Å². The van der Waals surface area contributed by atoms with Gasteiger partial charge in [0.05, 0.1) is 10.6 Å². The third-order valence-electron chi connectivity index (χ3n) is 3.51. The lowest BCUT2D eigenvalue weighted by Crippen LogP contribution is -2.03. The number of Topliss-reactive ketones (excluding diaryl/α,β-unsaturated/α-hetero) is 1. The minimum atomic E-state index is 0.00725. The number of carbonyl (C=O) groups is 1. The monoisotopic (exact) mass is 386 g/mol. The van der Waals surface area contributed by atoms with Crippen LogP contribution >= 0.6 is 34.7 Å². The summed E-state index contributed by atoms with van der Waals surface area (Å²) in [6.45, 7) is 0. The molecule has 0 aliphatic rings. The number of benzene rings is 1. The topological polar surface area (TPSA) is 60.2 Å². The van der Waals surface area contributed by atoms with E-state index in [-0.39, 0.29) is 11.5 Å². The normalized spacial score (nSPS) is 11.1. The predicted molar refractivity (Wildman–Crippen MR) is 101 cm³/mol. The molecule has 4 rings (SSSR count). The number of thioether (sulfide) groups is 1. The molecular formula is C17H11ClN4OS2. The largest absolute Gasteiger partial charge is 0.293 e. The zero-order valence-corrected chi connectivity index (χ0v) is 15.2. The van der Waals surface area contributed by atoms with E-state index in [1.54, 1.807) is 40.1 Å². The van der Waals surface area contributed by atoms with Crippen LogP contribution in [0.5, 0.6) is 0 Å². The molecule has 0 bridgehead atoms. The number of halogens is 1. The van der Waals surface area contributed by atoms with E-state index in [0.29, 0.717) is 21.4 Å². The van der Waals surface area contributed by atoms with Gasteiger partial charge in [-0.15, -0.1) is 21.5 Å². The summed E-state index contributed by atoms with van der Waals surface area (Å²) in [5, 5.41) is 16.1. The zero-order chi connectivity index (χ0) is 17.2. The van der Waals surface area contributed by atoms with Gasteiger partial charge in [-0.2, -0.15) is 9.61 Å². The third kappa shape index (κ3) is 3.44. The van der Waals surface area contributed by atoms with Crippen molar-refractivity contribution in [2.75, 3.05) is 5.75 Å². The Balaban J connectivity index is 1.56. The highest BCUT2D eigenvalue weighted by molar-refractivity contribution is 7.99. The van der Waals surface area contributed by atoms with E-state index >= 15 is 0 Å². The van der Waals surface area contributed by atoms with Gasteiger partial charge in [0.2, 0.25) is 5.16 Å². The summed E-state index contributed by atoms with van der Waals surface area (Å²) in [6.07, 6.45) is 0. The van der Waals surface area contributed by atoms with E-state index in [0.717, 1.165) is 10.6 Å². The lowest BCUT2D eigenvalue weighted by atomic mass is 10.1. The van der Waals surface area contributed by atoms with Gasteiger partial charge in [-0.3, -0.25) is 4.79 Å². The van der Waals surface area contributed by atoms with Crippen LogP contribution in [0.1, 0.15) is 10.4 Å². The Morgan fingerprint density at radius 3 is 2.72 bits per heavy atom. The SMILES string of the molecule is O=C(CSc1nnc2ccc(-c3cccs3)nn12)c1ccc(Cl)cc1. The number of rotatable bonds is 5. The second-order valence-electron chi connectivity index (χ2n) is 5.17. The Bertz CT molecular complexity index is 1030. The zero-order valence-electron chi connectivity index (χ0n) is 12.8. The number of hydrogen-bond donors (Lipinski definition) is 0. The summed E-state index contributed by atoms with van der Waals surface area (Å²) in [4.78, 5) is 13.4. The van der Waals surface area contributed by atoms with Crippen molar-refractivity contribution in [3.8, 4) is 10.6 Å². The number of nitrogens with zero attached hydrogens (tertiary/aromatic N) is 4.